The number of rotatable bonds is 3. The van der Waals surface area contributed by atoms with Gasteiger partial charge in [0.25, 0.3) is 0 Å². The van der Waals surface area contributed by atoms with Crippen LogP contribution in [-0.2, 0) is 0 Å². The molecule has 0 N–H and O–H groups in total. The molecule has 0 aliphatic carbocycles. The van der Waals surface area contributed by atoms with E-state index >= 15 is 0 Å². The van der Waals surface area contributed by atoms with Crippen LogP contribution in [0.4, 0.5) is 5.69 Å². The first kappa shape index (κ1) is 13.1. The van der Waals surface area contributed by atoms with Crippen LogP contribution in [0.5, 0.6) is 0 Å². The van der Waals surface area contributed by atoms with Gasteiger partial charge in [-0.05, 0) is 50.6 Å². The fraction of sp³-hybridized carbons (Fsp3) is 0.267. The Morgan fingerprint density at radius 3 is 2.67 bits per heavy atom. The molecule has 1 aromatic heterocycles. The molecule has 0 aliphatic rings. The molecule has 0 bridgehead atoms. The number of aryl methyl sites for hydroxylation is 1. The van der Waals surface area contributed by atoms with Gasteiger partial charge < -0.3 is 4.57 Å². The van der Waals surface area contributed by atoms with Gasteiger partial charge in [-0.3, -0.25) is 4.99 Å². The summed E-state index contributed by atoms with van der Waals surface area (Å²) in [5.41, 5.74) is 3.31. The molecule has 94 valence electrons. The summed E-state index contributed by atoms with van der Waals surface area (Å²) in [4.78, 5) is 4.53. The van der Waals surface area contributed by atoms with Crippen molar-refractivity contribution in [3.63, 3.8) is 0 Å². The molecule has 0 atom stereocenters. The van der Waals surface area contributed by atoms with Gasteiger partial charge >= 0.3 is 0 Å². The fourth-order valence-corrected chi connectivity index (χ4v) is 2.21. The van der Waals surface area contributed by atoms with Crippen molar-refractivity contribution in [1.29, 1.82) is 0 Å². The van der Waals surface area contributed by atoms with Gasteiger partial charge in [-0.2, -0.15) is 0 Å². The Bertz CT molecular complexity index is 568. The van der Waals surface area contributed by atoms with Crippen LogP contribution in [0.3, 0.4) is 0 Å². The Hall–Kier alpha value is -1.35. The molecule has 1 aromatic carbocycles. The first-order valence-corrected chi connectivity index (χ1v) is 6.83. The number of hydrogen-bond donors (Lipinski definition) is 0. The van der Waals surface area contributed by atoms with Crippen LogP contribution in [0.2, 0.25) is 0 Å². The van der Waals surface area contributed by atoms with E-state index in [1.54, 1.807) is 0 Å². The molecule has 0 saturated heterocycles. The lowest BCUT2D eigenvalue weighted by Crippen LogP contribution is -1.95. The average Bonchev–Trinajstić information content (AvgIpc) is 2.76. The van der Waals surface area contributed by atoms with Crippen LogP contribution in [0, 0.1) is 6.92 Å². The number of hydrogen-bond acceptors (Lipinski definition) is 1. The lowest BCUT2D eigenvalue weighted by Gasteiger charge is -2.04. The van der Waals surface area contributed by atoms with E-state index in [1.165, 1.54) is 5.56 Å². The molecule has 0 unspecified atom stereocenters. The molecule has 1 heterocycles. The van der Waals surface area contributed by atoms with Gasteiger partial charge in [0.1, 0.15) is 0 Å². The lowest BCUT2D eigenvalue weighted by molar-refractivity contribution is 0.603. The van der Waals surface area contributed by atoms with Gasteiger partial charge in [-0.25, -0.2) is 0 Å². The predicted octanol–water partition coefficient (Wildman–Crippen LogP) is 4.89. The summed E-state index contributed by atoms with van der Waals surface area (Å²) in [6, 6.07) is 8.68. The standard InChI is InChI=1S/C15H17BrN2/c1-11(2)18-7-6-13(10-18)9-17-15-5-4-14(16)8-12(15)3/h4-11H,1-3H3. The second-order valence-electron chi connectivity index (χ2n) is 4.67. The third kappa shape index (κ3) is 3.10. The highest BCUT2D eigenvalue weighted by molar-refractivity contribution is 9.10. The Labute approximate surface area is 116 Å². The molecule has 0 fully saturated rings. The maximum atomic E-state index is 4.53. The van der Waals surface area contributed by atoms with Crippen LogP contribution in [0.1, 0.15) is 31.0 Å². The van der Waals surface area contributed by atoms with Gasteiger partial charge in [0, 0.05) is 34.7 Å². The monoisotopic (exact) mass is 304 g/mol. The summed E-state index contributed by atoms with van der Waals surface area (Å²) in [6.45, 7) is 6.40. The Morgan fingerprint density at radius 2 is 2.06 bits per heavy atom. The maximum absolute atomic E-state index is 4.53. The van der Waals surface area contributed by atoms with Gasteiger partial charge in [-0.1, -0.05) is 15.9 Å². The third-order valence-corrected chi connectivity index (χ3v) is 3.34. The zero-order valence-corrected chi connectivity index (χ0v) is 12.5. The van der Waals surface area contributed by atoms with Crippen LogP contribution in [0.15, 0.2) is 46.1 Å². The summed E-state index contributed by atoms with van der Waals surface area (Å²) >= 11 is 3.46. The van der Waals surface area contributed by atoms with E-state index < -0.39 is 0 Å². The third-order valence-electron chi connectivity index (χ3n) is 2.85. The van der Waals surface area contributed by atoms with Crippen molar-refractivity contribution in [1.82, 2.24) is 4.57 Å². The highest BCUT2D eigenvalue weighted by atomic mass is 79.9. The van der Waals surface area contributed by atoms with E-state index in [9.17, 15) is 0 Å². The SMILES string of the molecule is Cc1cc(Br)ccc1N=Cc1ccn(C(C)C)c1. The van der Waals surface area contributed by atoms with Crippen molar-refractivity contribution in [3.05, 3.63) is 52.3 Å². The van der Waals surface area contributed by atoms with E-state index in [0.717, 1.165) is 15.7 Å². The van der Waals surface area contributed by atoms with Crippen LogP contribution in [0.25, 0.3) is 0 Å². The topological polar surface area (TPSA) is 17.3 Å². The van der Waals surface area contributed by atoms with E-state index in [2.05, 4.69) is 70.8 Å². The molecule has 3 heteroatoms. The van der Waals surface area contributed by atoms with E-state index in [-0.39, 0.29) is 0 Å². The first-order valence-electron chi connectivity index (χ1n) is 6.04. The smallest absolute Gasteiger partial charge is 0.0659 e. The molecule has 0 amide bonds. The second kappa shape index (κ2) is 5.53. The summed E-state index contributed by atoms with van der Waals surface area (Å²) in [6.07, 6.45) is 6.11. The molecule has 2 nitrogen and oxygen atoms in total. The minimum Gasteiger partial charge on any atom is -0.351 e. The molecule has 0 spiro atoms. The second-order valence-corrected chi connectivity index (χ2v) is 5.59. The van der Waals surface area contributed by atoms with Crippen molar-refractivity contribution in [2.24, 2.45) is 4.99 Å². The minimum atomic E-state index is 0.488. The molecular formula is C15H17BrN2. The lowest BCUT2D eigenvalue weighted by atomic mass is 10.2. The molecule has 0 saturated carbocycles. The molecule has 2 aromatic rings. The predicted molar refractivity (Wildman–Crippen MR) is 81.0 cm³/mol. The number of benzene rings is 1. The number of nitrogens with zero attached hydrogens (tertiary/aromatic N) is 2. The highest BCUT2D eigenvalue weighted by Crippen LogP contribution is 2.22. The largest absolute Gasteiger partial charge is 0.351 e. The van der Waals surface area contributed by atoms with Crippen molar-refractivity contribution >= 4 is 27.8 Å². The van der Waals surface area contributed by atoms with Gasteiger partial charge in [0.05, 0.1) is 5.69 Å². The van der Waals surface area contributed by atoms with Gasteiger partial charge in [0.2, 0.25) is 0 Å². The summed E-state index contributed by atoms with van der Waals surface area (Å²) in [7, 11) is 0. The molecular weight excluding hydrogens is 288 g/mol. The highest BCUT2D eigenvalue weighted by Gasteiger charge is 1.99. The van der Waals surface area contributed by atoms with E-state index in [0.29, 0.717) is 6.04 Å². The van der Waals surface area contributed by atoms with E-state index in [4.69, 9.17) is 0 Å². The number of halogens is 1. The molecule has 0 radical (unpaired) electrons. The van der Waals surface area contributed by atoms with Crippen LogP contribution < -0.4 is 0 Å². The summed E-state index contributed by atoms with van der Waals surface area (Å²) < 4.78 is 3.26. The Kier molecular flexibility index (Phi) is 4.02. The minimum absolute atomic E-state index is 0.488. The normalized spacial score (nSPS) is 11.6. The Balaban J connectivity index is 2.19. The summed E-state index contributed by atoms with van der Waals surface area (Å²) in [5.74, 6) is 0. The molecule has 18 heavy (non-hydrogen) atoms. The molecule has 0 aliphatic heterocycles. The fourth-order valence-electron chi connectivity index (χ4n) is 1.74. The van der Waals surface area contributed by atoms with E-state index in [1.807, 2.05) is 18.3 Å². The van der Waals surface area contributed by atoms with Crippen molar-refractivity contribution < 1.29 is 0 Å². The summed E-state index contributed by atoms with van der Waals surface area (Å²) in [5, 5.41) is 0. The zero-order chi connectivity index (χ0) is 13.1. The Morgan fingerprint density at radius 1 is 1.28 bits per heavy atom. The maximum Gasteiger partial charge on any atom is 0.0659 e. The van der Waals surface area contributed by atoms with Crippen molar-refractivity contribution in [2.75, 3.05) is 0 Å². The molecule has 2 rings (SSSR count). The first-order chi connectivity index (χ1) is 8.56. The van der Waals surface area contributed by atoms with Gasteiger partial charge in [0.15, 0.2) is 0 Å². The average molecular weight is 305 g/mol. The van der Waals surface area contributed by atoms with Gasteiger partial charge in [-0.15, -0.1) is 0 Å². The van der Waals surface area contributed by atoms with Crippen molar-refractivity contribution in [3.8, 4) is 0 Å². The number of aromatic nitrogens is 1. The van der Waals surface area contributed by atoms with Crippen LogP contribution >= 0.6 is 15.9 Å². The quantitative estimate of drug-likeness (QED) is 0.718. The van der Waals surface area contributed by atoms with Crippen molar-refractivity contribution in [2.45, 2.75) is 26.8 Å². The van der Waals surface area contributed by atoms with Crippen LogP contribution in [-0.4, -0.2) is 10.8 Å². The zero-order valence-electron chi connectivity index (χ0n) is 10.9. The number of aliphatic imine (C=N–C) groups is 1.